The quantitative estimate of drug-likeness (QED) is 0.596. The Balaban J connectivity index is 2.28. The Morgan fingerprint density at radius 1 is 1.15 bits per heavy atom. The summed E-state index contributed by atoms with van der Waals surface area (Å²) in [5, 5.41) is 0. The molecule has 1 aromatic carbocycles. The Labute approximate surface area is 153 Å². The van der Waals surface area contributed by atoms with Crippen LogP contribution in [0.3, 0.4) is 0 Å². The van der Waals surface area contributed by atoms with Gasteiger partial charge in [-0.05, 0) is 0 Å². The molecule has 0 saturated carbocycles. The molecule has 0 radical (unpaired) electrons. The molecule has 3 rings (SSSR count). The number of rotatable bonds is 4. The van der Waals surface area contributed by atoms with Crippen LogP contribution in [0.4, 0.5) is 0 Å². The standard InChI is InChI=1S/C9H7.C5H5.2C3H2O2.CH2.Ti/c1-2-5-9-7-3-6-8(9)4-1;1-2-4-5-3-1;2*1-2-3(4)5;;/h1-7H;1-3H,4H2;2*1H,(H,4,5);1H2;/q;;;;;+2/p-2. The molecule has 2 aliphatic rings. The van der Waals surface area contributed by atoms with Crippen molar-refractivity contribution in [2.45, 2.75) is 10.6 Å². The number of hydrogen-bond donors (Lipinski definition) is 0. The zero-order valence-electron chi connectivity index (χ0n) is 14.0. The molecule has 0 heterocycles. The van der Waals surface area contributed by atoms with Crippen LogP contribution in [0.5, 0.6) is 0 Å². The van der Waals surface area contributed by atoms with Crippen LogP contribution in [0.2, 0.25) is 0 Å². The molecule has 0 aliphatic heterocycles. The van der Waals surface area contributed by atoms with Crippen LogP contribution in [-0.4, -0.2) is 16.8 Å². The molecule has 0 aromatic heterocycles. The number of carbonyl (C=O) groups is 2. The molecule has 2 aliphatic carbocycles. The predicted octanol–water partition coefficient (Wildman–Crippen LogP) is 2.90. The van der Waals surface area contributed by atoms with Gasteiger partial charge in [-0.1, -0.05) is 0 Å². The molecular formula is C21H16O4Ti. The fourth-order valence-electron chi connectivity index (χ4n) is 3.54. The van der Waals surface area contributed by atoms with Crippen LogP contribution >= 0.6 is 0 Å². The Bertz CT molecular complexity index is 1010. The van der Waals surface area contributed by atoms with E-state index in [0.717, 1.165) is 11.1 Å². The normalized spacial score (nSPS) is 17.7. The van der Waals surface area contributed by atoms with E-state index in [1.807, 2.05) is 54.3 Å². The maximum absolute atomic E-state index is 12.2. The minimum absolute atomic E-state index is 0.447. The Morgan fingerprint density at radius 2 is 1.81 bits per heavy atom. The third kappa shape index (κ3) is 2.70. The van der Waals surface area contributed by atoms with Crippen molar-refractivity contribution in [2.24, 2.45) is 0 Å². The number of terminal acetylenes is 2. The van der Waals surface area contributed by atoms with Gasteiger partial charge in [-0.2, -0.15) is 0 Å². The van der Waals surface area contributed by atoms with E-state index in [-0.39, 0.29) is 0 Å². The van der Waals surface area contributed by atoms with E-state index >= 15 is 0 Å². The molecule has 1 aromatic rings. The number of carbonyl (C=O) groups excluding carboxylic acids is 2. The van der Waals surface area contributed by atoms with Gasteiger partial charge in [0.1, 0.15) is 0 Å². The van der Waals surface area contributed by atoms with Crippen molar-refractivity contribution in [3.63, 3.8) is 0 Å². The van der Waals surface area contributed by atoms with E-state index in [0.29, 0.717) is 10.3 Å². The van der Waals surface area contributed by atoms with Gasteiger partial charge >= 0.3 is 154 Å². The Morgan fingerprint density at radius 3 is 2.38 bits per heavy atom. The molecule has 0 spiro atoms. The molecule has 1 atom stereocenters. The first-order valence-corrected chi connectivity index (χ1v) is 12.0. The van der Waals surface area contributed by atoms with Crippen molar-refractivity contribution in [1.82, 2.24) is 0 Å². The second kappa shape index (κ2) is 6.43. The van der Waals surface area contributed by atoms with Crippen molar-refractivity contribution in [3.05, 3.63) is 63.6 Å². The average molecular weight is 380 g/mol. The maximum atomic E-state index is 12.2. The van der Waals surface area contributed by atoms with Crippen LogP contribution in [0, 0.1) is 24.7 Å². The molecular weight excluding hydrogens is 364 g/mol. The van der Waals surface area contributed by atoms with E-state index in [4.69, 9.17) is 19.5 Å². The number of fused-ring (bicyclic) bond motifs is 1. The van der Waals surface area contributed by atoms with Gasteiger partial charge in [0.05, 0.1) is 0 Å². The minimum atomic E-state index is -5.28. The molecule has 0 bridgehead atoms. The van der Waals surface area contributed by atoms with Crippen molar-refractivity contribution < 1.29 is 31.8 Å². The number of hydrogen-bond acceptors (Lipinski definition) is 4. The monoisotopic (exact) mass is 380 g/mol. The second-order valence-electron chi connectivity index (χ2n) is 6.19. The van der Waals surface area contributed by atoms with Gasteiger partial charge in [0.25, 0.3) is 0 Å². The van der Waals surface area contributed by atoms with Crippen molar-refractivity contribution in [3.8, 4) is 24.7 Å². The van der Waals surface area contributed by atoms with Crippen LogP contribution in [0.25, 0.3) is 6.08 Å². The summed E-state index contributed by atoms with van der Waals surface area (Å²) >= 11 is -5.28. The van der Waals surface area contributed by atoms with E-state index in [1.54, 1.807) is 12.2 Å². The Hall–Kier alpha value is -2.92. The summed E-state index contributed by atoms with van der Waals surface area (Å²) in [6.07, 6.45) is 20.1. The van der Waals surface area contributed by atoms with Crippen LogP contribution in [0.1, 0.15) is 21.8 Å². The van der Waals surface area contributed by atoms with Gasteiger partial charge in [0.15, 0.2) is 0 Å². The number of allylic oxidation sites excluding steroid dienone is 5. The van der Waals surface area contributed by atoms with E-state index < -0.39 is 31.8 Å². The van der Waals surface area contributed by atoms with Crippen molar-refractivity contribution in [2.75, 3.05) is 0 Å². The molecule has 4 nitrogen and oxygen atoms in total. The fraction of sp³-hybridized carbons (Fsp3) is 0.0952. The van der Waals surface area contributed by atoms with Crippen molar-refractivity contribution in [1.29, 1.82) is 0 Å². The zero-order chi connectivity index (χ0) is 18.8. The van der Waals surface area contributed by atoms with Crippen LogP contribution < -0.4 is 0 Å². The van der Waals surface area contributed by atoms with Gasteiger partial charge < -0.3 is 0 Å². The summed E-state index contributed by atoms with van der Waals surface area (Å²) < 4.78 is 11.7. The SMILES string of the molecule is C#CC(=O)[O][Ti](=[CH2])([O]C(=O)C#C)([C]1=CC=CC1)[CH]1C=Cc2ccccc21. The van der Waals surface area contributed by atoms with Crippen LogP contribution in [-0.2, 0) is 31.8 Å². The summed E-state index contributed by atoms with van der Waals surface area (Å²) in [6, 6.07) is 7.58. The molecule has 1 unspecified atom stereocenters. The molecule has 0 saturated heterocycles. The molecule has 128 valence electrons. The molecule has 0 N–H and O–H groups in total. The van der Waals surface area contributed by atoms with Gasteiger partial charge in [0.2, 0.25) is 0 Å². The summed E-state index contributed by atoms with van der Waals surface area (Å²) in [5.41, 5.74) is 1.80. The van der Waals surface area contributed by atoms with E-state index in [1.165, 1.54) is 0 Å². The molecule has 0 fully saturated rings. The van der Waals surface area contributed by atoms with E-state index in [9.17, 15) is 9.59 Å². The summed E-state index contributed by atoms with van der Waals surface area (Å²) in [4.78, 5) is 28.6. The van der Waals surface area contributed by atoms with Gasteiger partial charge in [-0.15, -0.1) is 0 Å². The first kappa shape index (κ1) is 17.9. The third-order valence-electron chi connectivity index (χ3n) is 4.74. The third-order valence-corrected chi connectivity index (χ3v) is 12.2. The average Bonchev–Trinajstić information content (AvgIpc) is 3.32. The summed E-state index contributed by atoms with van der Waals surface area (Å²) in [6.45, 7) is 0. The topological polar surface area (TPSA) is 52.6 Å². The predicted molar refractivity (Wildman–Crippen MR) is 97.0 cm³/mol. The first-order chi connectivity index (χ1) is 12.4. The molecule has 26 heavy (non-hydrogen) atoms. The summed E-state index contributed by atoms with van der Waals surface area (Å²) in [7, 11) is 0. The van der Waals surface area contributed by atoms with Gasteiger partial charge in [0, 0.05) is 0 Å². The van der Waals surface area contributed by atoms with Crippen molar-refractivity contribution >= 4 is 22.8 Å². The van der Waals surface area contributed by atoms with E-state index in [2.05, 4.69) is 4.82 Å². The van der Waals surface area contributed by atoms with Gasteiger partial charge in [-0.25, -0.2) is 0 Å². The first-order valence-electron chi connectivity index (χ1n) is 7.98. The van der Waals surface area contributed by atoms with Gasteiger partial charge in [-0.3, -0.25) is 0 Å². The molecule has 0 amide bonds. The van der Waals surface area contributed by atoms with Crippen LogP contribution in [0.15, 0.2) is 52.4 Å². The fourth-order valence-corrected chi connectivity index (χ4v) is 10.2. The zero-order valence-corrected chi connectivity index (χ0v) is 15.5. The summed E-state index contributed by atoms with van der Waals surface area (Å²) in [5.74, 6) is 2.03. The Kier molecular flexibility index (Phi) is 4.42. The number of benzene rings is 1. The second-order valence-corrected chi connectivity index (χ2v) is 13.0. The molecule has 5 heteroatoms.